The molecule has 0 unspecified atom stereocenters. The normalized spacial score (nSPS) is 10.3. The molecular formula is C16H18ClNO2. The highest BCUT2D eigenvalue weighted by atomic mass is 35.5. The Balaban J connectivity index is 1.73. The number of benzene rings is 2. The number of nitrogens with two attached hydrogens (primary N) is 1. The minimum atomic E-state index is 0.561. The summed E-state index contributed by atoms with van der Waals surface area (Å²) in [5, 5.41) is 0.632. The van der Waals surface area contributed by atoms with E-state index in [1.54, 1.807) is 6.07 Å². The number of aryl methyl sites for hydroxylation is 1. The second-order valence-electron chi connectivity index (χ2n) is 4.56. The first-order chi connectivity index (χ1) is 9.65. The fourth-order valence-electron chi connectivity index (χ4n) is 1.76. The Morgan fingerprint density at radius 3 is 2.65 bits per heavy atom. The average Bonchev–Trinajstić information content (AvgIpc) is 2.42. The monoisotopic (exact) mass is 291 g/mol. The van der Waals surface area contributed by atoms with E-state index < -0.39 is 0 Å². The summed E-state index contributed by atoms with van der Waals surface area (Å²) in [6.45, 7) is 3.14. The summed E-state index contributed by atoms with van der Waals surface area (Å²) >= 11 is 6.05. The van der Waals surface area contributed by atoms with Crippen molar-refractivity contribution in [1.29, 1.82) is 0 Å². The molecule has 0 fully saturated rings. The summed E-state index contributed by atoms with van der Waals surface area (Å²) in [5.74, 6) is 1.49. The molecule has 2 rings (SSSR count). The van der Waals surface area contributed by atoms with Crippen molar-refractivity contribution >= 4 is 17.3 Å². The van der Waals surface area contributed by atoms with E-state index in [-0.39, 0.29) is 0 Å². The lowest BCUT2D eigenvalue weighted by Crippen LogP contribution is -2.05. The molecule has 4 heteroatoms. The van der Waals surface area contributed by atoms with Gasteiger partial charge in [-0.05, 0) is 36.8 Å². The summed E-state index contributed by atoms with van der Waals surface area (Å²) in [6.07, 6.45) is 0.777. The standard InChI is InChI=1S/C16H18ClNO2/c1-12-6-7-15(17)16(10-12)20-9-3-8-19-14-5-2-4-13(18)11-14/h2,4-7,10-11H,3,8-9,18H2,1H3. The summed E-state index contributed by atoms with van der Waals surface area (Å²) in [4.78, 5) is 0. The molecule has 2 aromatic carbocycles. The van der Waals surface area contributed by atoms with Gasteiger partial charge in [0.15, 0.2) is 0 Å². The molecule has 0 aromatic heterocycles. The molecular weight excluding hydrogens is 274 g/mol. The maximum Gasteiger partial charge on any atom is 0.138 e. The van der Waals surface area contributed by atoms with Crippen LogP contribution < -0.4 is 15.2 Å². The van der Waals surface area contributed by atoms with Crippen molar-refractivity contribution in [1.82, 2.24) is 0 Å². The molecule has 0 saturated heterocycles. The van der Waals surface area contributed by atoms with E-state index in [1.165, 1.54) is 0 Å². The lowest BCUT2D eigenvalue weighted by molar-refractivity contribution is 0.247. The van der Waals surface area contributed by atoms with Gasteiger partial charge in [-0.1, -0.05) is 23.7 Å². The number of hydrogen-bond donors (Lipinski definition) is 1. The first-order valence-corrected chi connectivity index (χ1v) is 6.90. The van der Waals surface area contributed by atoms with Crippen molar-refractivity contribution in [2.45, 2.75) is 13.3 Å². The third kappa shape index (κ3) is 4.35. The number of hydrogen-bond acceptors (Lipinski definition) is 3. The summed E-state index contributed by atoms with van der Waals surface area (Å²) in [6, 6.07) is 13.1. The molecule has 20 heavy (non-hydrogen) atoms. The molecule has 0 aliphatic carbocycles. The molecule has 2 N–H and O–H groups in total. The van der Waals surface area contributed by atoms with Gasteiger partial charge in [0, 0.05) is 18.2 Å². The van der Waals surface area contributed by atoms with E-state index in [2.05, 4.69) is 0 Å². The van der Waals surface area contributed by atoms with Crippen LogP contribution in [-0.4, -0.2) is 13.2 Å². The molecule has 0 amide bonds. The van der Waals surface area contributed by atoms with E-state index >= 15 is 0 Å². The minimum absolute atomic E-state index is 0.561. The van der Waals surface area contributed by atoms with Crippen LogP contribution in [0.2, 0.25) is 5.02 Å². The molecule has 0 saturated carbocycles. The lowest BCUT2D eigenvalue weighted by Gasteiger charge is -2.10. The Bertz CT molecular complexity index is 572. The number of anilines is 1. The number of rotatable bonds is 6. The minimum Gasteiger partial charge on any atom is -0.493 e. The van der Waals surface area contributed by atoms with Crippen LogP contribution in [0.1, 0.15) is 12.0 Å². The van der Waals surface area contributed by atoms with Crippen LogP contribution in [0.5, 0.6) is 11.5 Å². The SMILES string of the molecule is Cc1ccc(Cl)c(OCCCOc2cccc(N)c2)c1. The van der Waals surface area contributed by atoms with Gasteiger partial charge in [0.05, 0.1) is 18.2 Å². The van der Waals surface area contributed by atoms with Crippen molar-refractivity contribution in [3.63, 3.8) is 0 Å². The fourth-order valence-corrected chi connectivity index (χ4v) is 1.93. The van der Waals surface area contributed by atoms with Crippen LogP contribution in [-0.2, 0) is 0 Å². The molecule has 3 nitrogen and oxygen atoms in total. The van der Waals surface area contributed by atoms with Gasteiger partial charge in [-0.15, -0.1) is 0 Å². The van der Waals surface area contributed by atoms with Gasteiger partial charge in [0.25, 0.3) is 0 Å². The molecule has 0 spiro atoms. The zero-order valence-corrected chi connectivity index (χ0v) is 12.2. The second-order valence-corrected chi connectivity index (χ2v) is 4.96. The smallest absolute Gasteiger partial charge is 0.138 e. The molecule has 0 radical (unpaired) electrons. The first kappa shape index (κ1) is 14.5. The van der Waals surface area contributed by atoms with Crippen LogP contribution >= 0.6 is 11.6 Å². The highest BCUT2D eigenvalue weighted by Gasteiger charge is 2.01. The third-order valence-corrected chi connectivity index (χ3v) is 3.07. The van der Waals surface area contributed by atoms with Crippen molar-refractivity contribution in [3.8, 4) is 11.5 Å². The van der Waals surface area contributed by atoms with Crippen LogP contribution in [0.15, 0.2) is 42.5 Å². The second kappa shape index (κ2) is 7.06. The zero-order valence-electron chi connectivity index (χ0n) is 11.4. The molecule has 0 atom stereocenters. The first-order valence-electron chi connectivity index (χ1n) is 6.52. The topological polar surface area (TPSA) is 44.5 Å². The van der Waals surface area contributed by atoms with Gasteiger partial charge in [-0.3, -0.25) is 0 Å². The average molecular weight is 292 g/mol. The third-order valence-electron chi connectivity index (χ3n) is 2.76. The van der Waals surface area contributed by atoms with Crippen molar-refractivity contribution < 1.29 is 9.47 Å². The fraction of sp³-hybridized carbons (Fsp3) is 0.250. The quantitative estimate of drug-likeness (QED) is 0.644. The van der Waals surface area contributed by atoms with Gasteiger partial charge in [0.1, 0.15) is 11.5 Å². The van der Waals surface area contributed by atoms with Gasteiger partial charge in [0.2, 0.25) is 0 Å². The summed E-state index contributed by atoms with van der Waals surface area (Å²) in [5.41, 5.74) is 7.50. The maximum atomic E-state index is 6.05. The van der Waals surface area contributed by atoms with Gasteiger partial charge < -0.3 is 15.2 Å². The Kier molecular flexibility index (Phi) is 5.13. The van der Waals surface area contributed by atoms with Crippen LogP contribution in [0, 0.1) is 6.92 Å². The van der Waals surface area contributed by atoms with Crippen molar-refractivity contribution in [2.24, 2.45) is 0 Å². The van der Waals surface area contributed by atoms with Crippen LogP contribution in [0.4, 0.5) is 5.69 Å². The Morgan fingerprint density at radius 2 is 1.85 bits per heavy atom. The number of halogens is 1. The lowest BCUT2D eigenvalue weighted by atomic mass is 10.2. The molecule has 0 aliphatic heterocycles. The Morgan fingerprint density at radius 1 is 1.05 bits per heavy atom. The summed E-state index contributed by atoms with van der Waals surface area (Å²) < 4.78 is 11.2. The van der Waals surface area contributed by atoms with E-state index in [1.807, 2.05) is 43.3 Å². The highest BCUT2D eigenvalue weighted by molar-refractivity contribution is 6.32. The van der Waals surface area contributed by atoms with E-state index in [0.29, 0.717) is 23.9 Å². The van der Waals surface area contributed by atoms with Gasteiger partial charge >= 0.3 is 0 Å². The predicted molar refractivity (Wildman–Crippen MR) is 82.7 cm³/mol. The highest BCUT2D eigenvalue weighted by Crippen LogP contribution is 2.25. The zero-order chi connectivity index (χ0) is 14.4. The Labute approximate surface area is 124 Å². The molecule has 0 heterocycles. The summed E-state index contributed by atoms with van der Waals surface area (Å²) in [7, 11) is 0. The Hall–Kier alpha value is -1.87. The van der Waals surface area contributed by atoms with Gasteiger partial charge in [-0.25, -0.2) is 0 Å². The molecule has 106 valence electrons. The predicted octanol–water partition coefficient (Wildman–Crippen LogP) is 4.08. The molecule has 2 aromatic rings. The van der Waals surface area contributed by atoms with E-state index in [9.17, 15) is 0 Å². The largest absolute Gasteiger partial charge is 0.493 e. The number of nitrogen functional groups attached to an aromatic ring is 1. The van der Waals surface area contributed by atoms with E-state index in [0.717, 1.165) is 23.5 Å². The van der Waals surface area contributed by atoms with E-state index in [4.69, 9.17) is 26.8 Å². The van der Waals surface area contributed by atoms with Crippen molar-refractivity contribution in [2.75, 3.05) is 18.9 Å². The molecule has 0 aliphatic rings. The molecule has 0 bridgehead atoms. The van der Waals surface area contributed by atoms with Crippen molar-refractivity contribution in [3.05, 3.63) is 53.1 Å². The maximum absolute atomic E-state index is 6.05. The number of ether oxygens (including phenoxy) is 2. The van der Waals surface area contributed by atoms with Crippen LogP contribution in [0.3, 0.4) is 0 Å². The van der Waals surface area contributed by atoms with Gasteiger partial charge in [-0.2, -0.15) is 0 Å². The van der Waals surface area contributed by atoms with Crippen LogP contribution in [0.25, 0.3) is 0 Å².